The molecule has 38 heavy (non-hydrogen) atoms. The van der Waals surface area contributed by atoms with E-state index in [4.69, 9.17) is 9.57 Å². The van der Waals surface area contributed by atoms with Crippen LogP contribution < -0.4 is 16.1 Å². The van der Waals surface area contributed by atoms with Crippen molar-refractivity contribution in [2.24, 2.45) is 22.7 Å². The van der Waals surface area contributed by atoms with E-state index in [1.54, 1.807) is 27.7 Å². The number of carbonyl (C=O) groups excluding carboxylic acids is 5. The van der Waals surface area contributed by atoms with Crippen molar-refractivity contribution in [3.05, 3.63) is 0 Å². The second kappa shape index (κ2) is 11.6. The van der Waals surface area contributed by atoms with Gasteiger partial charge < -0.3 is 20.3 Å². The molecule has 5 atom stereocenters. The smallest absolute Gasteiger partial charge is 0.408 e. The number of piperidine rings is 1. The first kappa shape index (κ1) is 31.5. The predicted octanol–water partition coefficient (Wildman–Crippen LogP) is 2.33. The first-order valence-electron chi connectivity index (χ1n) is 13.4. The Morgan fingerprint density at radius 1 is 1.00 bits per heavy atom. The fraction of sp³-hybridized carbons (Fsp3) is 0.815. The van der Waals surface area contributed by atoms with Crippen molar-refractivity contribution >= 4 is 29.6 Å². The molecule has 2 unspecified atom stereocenters. The van der Waals surface area contributed by atoms with Gasteiger partial charge >= 0.3 is 12.0 Å². The van der Waals surface area contributed by atoms with Gasteiger partial charge in [-0.2, -0.15) is 0 Å². The number of hydrogen-bond donors (Lipinski definition) is 3. The van der Waals surface area contributed by atoms with Crippen LogP contribution >= 0.6 is 0 Å². The lowest BCUT2D eigenvalue weighted by atomic mass is 9.85. The number of rotatable bonds is 10. The van der Waals surface area contributed by atoms with Gasteiger partial charge in [-0.25, -0.2) is 10.3 Å². The van der Waals surface area contributed by atoms with Gasteiger partial charge in [-0.1, -0.05) is 48.0 Å². The number of ether oxygens (including phenoxy) is 1. The number of alkyl carbamates (subject to hydrolysis) is 1. The maximum atomic E-state index is 13.9. The number of carbonyl (C=O) groups is 5. The topological polar surface area (TPSA) is 143 Å². The summed E-state index contributed by atoms with van der Waals surface area (Å²) in [6.07, 6.45) is 0.0907. The van der Waals surface area contributed by atoms with Crippen LogP contribution in [0, 0.1) is 22.7 Å². The second-order valence-corrected chi connectivity index (χ2v) is 12.9. The van der Waals surface area contributed by atoms with Gasteiger partial charge in [0, 0.05) is 6.54 Å². The average molecular weight is 539 g/mol. The SMILES string of the molecule is CCCC(NC(=O)[C@@H]1[C@@H]2[C@H](CN1C(=O)C(NC(=O)OC(C)(C)C)C(C)(C)C)C2(C)C)C(=O)C(=O)NOCC. The highest BCUT2D eigenvalue weighted by Gasteiger charge is 2.69. The molecule has 0 bridgehead atoms. The van der Waals surface area contributed by atoms with Crippen LogP contribution in [-0.2, 0) is 28.8 Å². The summed E-state index contributed by atoms with van der Waals surface area (Å²) in [5.41, 5.74) is 0.504. The molecule has 2 fully saturated rings. The molecule has 2 aliphatic rings. The molecule has 1 aliphatic heterocycles. The Hall–Kier alpha value is -2.69. The van der Waals surface area contributed by atoms with Crippen LogP contribution in [-0.4, -0.2) is 71.4 Å². The van der Waals surface area contributed by atoms with Crippen LogP contribution in [0.4, 0.5) is 4.79 Å². The van der Waals surface area contributed by atoms with Gasteiger partial charge in [0.05, 0.1) is 12.6 Å². The Balaban J connectivity index is 2.29. The van der Waals surface area contributed by atoms with E-state index < -0.39 is 52.8 Å². The molecule has 0 spiro atoms. The highest BCUT2D eigenvalue weighted by atomic mass is 16.6. The molecule has 0 aromatic carbocycles. The van der Waals surface area contributed by atoms with Crippen LogP contribution in [0.15, 0.2) is 0 Å². The fourth-order valence-corrected chi connectivity index (χ4v) is 5.21. The molecule has 216 valence electrons. The number of nitrogens with one attached hydrogen (secondary N) is 3. The fourth-order valence-electron chi connectivity index (χ4n) is 5.21. The molecular formula is C27H46N4O7. The summed E-state index contributed by atoms with van der Waals surface area (Å²) in [5.74, 6) is -2.63. The van der Waals surface area contributed by atoms with E-state index >= 15 is 0 Å². The summed E-state index contributed by atoms with van der Waals surface area (Å²) in [5, 5.41) is 5.44. The van der Waals surface area contributed by atoms with Gasteiger partial charge in [0.15, 0.2) is 0 Å². The monoisotopic (exact) mass is 538 g/mol. The molecular weight excluding hydrogens is 492 g/mol. The van der Waals surface area contributed by atoms with Gasteiger partial charge in [-0.05, 0) is 56.8 Å². The standard InChI is InChI=1S/C27H46N4O7/c1-11-13-16(19(32)22(34)30-37-12-2)28-21(33)18-17-15(27(17,9)10)14-31(18)23(35)20(25(3,4)5)29-24(36)38-26(6,7)8/h15-18,20H,11-14H2,1-10H3,(H,28,33)(H,29,36)(H,30,34)/t15-,16?,17-,18-,20?/m0/s1. The highest BCUT2D eigenvalue weighted by molar-refractivity contribution is 6.38. The van der Waals surface area contributed by atoms with E-state index in [1.165, 1.54) is 4.90 Å². The third-order valence-corrected chi connectivity index (χ3v) is 7.28. The quantitative estimate of drug-likeness (QED) is 0.286. The Morgan fingerprint density at radius 2 is 1.61 bits per heavy atom. The summed E-state index contributed by atoms with van der Waals surface area (Å²) in [4.78, 5) is 71.5. The molecule has 1 aliphatic carbocycles. The molecule has 1 saturated heterocycles. The van der Waals surface area contributed by atoms with Crippen LogP contribution in [0.3, 0.4) is 0 Å². The summed E-state index contributed by atoms with van der Waals surface area (Å²) in [6.45, 7) is 18.8. The summed E-state index contributed by atoms with van der Waals surface area (Å²) in [6, 6.07) is -2.84. The number of ketones is 1. The number of Topliss-reactive ketones (excluding diaryl/α,β-unsaturated/α-hetero) is 1. The van der Waals surface area contributed by atoms with Gasteiger partial charge in [0.25, 0.3) is 0 Å². The van der Waals surface area contributed by atoms with Gasteiger partial charge in [-0.3, -0.25) is 24.0 Å². The lowest BCUT2D eigenvalue weighted by Crippen LogP contribution is -2.60. The summed E-state index contributed by atoms with van der Waals surface area (Å²) < 4.78 is 5.38. The number of hydroxylamine groups is 1. The number of hydrogen-bond acceptors (Lipinski definition) is 7. The van der Waals surface area contributed by atoms with E-state index in [2.05, 4.69) is 30.0 Å². The van der Waals surface area contributed by atoms with Crippen LogP contribution in [0.5, 0.6) is 0 Å². The highest BCUT2D eigenvalue weighted by Crippen LogP contribution is 2.65. The molecule has 0 radical (unpaired) electrons. The van der Waals surface area contributed by atoms with Crippen molar-refractivity contribution in [2.45, 2.75) is 106 Å². The number of amides is 4. The molecule has 3 N–H and O–H groups in total. The van der Waals surface area contributed by atoms with Crippen molar-refractivity contribution in [3.8, 4) is 0 Å². The van der Waals surface area contributed by atoms with E-state index in [9.17, 15) is 24.0 Å². The molecule has 11 heteroatoms. The first-order valence-corrected chi connectivity index (χ1v) is 13.4. The molecule has 1 heterocycles. The Morgan fingerprint density at radius 3 is 2.11 bits per heavy atom. The minimum absolute atomic E-state index is 0.103. The van der Waals surface area contributed by atoms with Crippen LogP contribution in [0.1, 0.15) is 82.1 Å². The molecule has 0 aromatic heterocycles. The Bertz CT molecular complexity index is 935. The molecule has 2 rings (SSSR count). The molecule has 0 aromatic rings. The maximum absolute atomic E-state index is 13.9. The van der Waals surface area contributed by atoms with Gasteiger partial charge in [-0.15, -0.1) is 0 Å². The van der Waals surface area contributed by atoms with E-state index in [0.29, 0.717) is 13.0 Å². The van der Waals surface area contributed by atoms with Crippen LogP contribution in [0.2, 0.25) is 0 Å². The van der Waals surface area contributed by atoms with E-state index in [0.717, 1.165) is 0 Å². The first-order chi connectivity index (χ1) is 17.4. The minimum Gasteiger partial charge on any atom is -0.444 e. The third kappa shape index (κ3) is 7.24. The number of nitrogens with zero attached hydrogens (tertiary/aromatic N) is 1. The molecule has 4 amide bonds. The lowest BCUT2D eigenvalue weighted by Gasteiger charge is -2.38. The van der Waals surface area contributed by atoms with Crippen molar-refractivity contribution < 1.29 is 33.5 Å². The van der Waals surface area contributed by atoms with Crippen LogP contribution in [0.25, 0.3) is 0 Å². The number of likely N-dealkylation sites (tertiary alicyclic amines) is 1. The van der Waals surface area contributed by atoms with Crippen molar-refractivity contribution in [2.75, 3.05) is 13.2 Å². The van der Waals surface area contributed by atoms with Crippen molar-refractivity contribution in [3.63, 3.8) is 0 Å². The zero-order valence-electron chi connectivity index (χ0n) is 24.5. The maximum Gasteiger partial charge on any atom is 0.408 e. The summed E-state index contributed by atoms with van der Waals surface area (Å²) >= 11 is 0. The van der Waals surface area contributed by atoms with Gasteiger partial charge in [0.1, 0.15) is 17.7 Å². The lowest BCUT2D eigenvalue weighted by molar-refractivity contribution is -0.148. The van der Waals surface area contributed by atoms with E-state index in [-0.39, 0.29) is 36.2 Å². The van der Waals surface area contributed by atoms with Gasteiger partial charge in [0.2, 0.25) is 17.6 Å². The normalized spacial score (nSPS) is 23.5. The van der Waals surface area contributed by atoms with E-state index in [1.807, 2.05) is 27.7 Å². The largest absolute Gasteiger partial charge is 0.444 e. The zero-order valence-corrected chi connectivity index (χ0v) is 24.5. The summed E-state index contributed by atoms with van der Waals surface area (Å²) in [7, 11) is 0. The Labute approximate surface area is 226 Å². The molecule has 11 nitrogen and oxygen atoms in total. The third-order valence-electron chi connectivity index (χ3n) is 7.28. The second-order valence-electron chi connectivity index (χ2n) is 12.9. The minimum atomic E-state index is -1.05. The predicted molar refractivity (Wildman–Crippen MR) is 140 cm³/mol. The number of fused-ring (bicyclic) bond motifs is 1. The van der Waals surface area contributed by atoms with Crippen molar-refractivity contribution in [1.82, 2.24) is 21.0 Å². The average Bonchev–Trinajstić information content (AvgIpc) is 3.11. The van der Waals surface area contributed by atoms with Crippen molar-refractivity contribution in [1.29, 1.82) is 0 Å². The Kier molecular flexibility index (Phi) is 9.62. The molecule has 1 saturated carbocycles. The zero-order chi connectivity index (χ0) is 29.2.